The lowest BCUT2D eigenvalue weighted by molar-refractivity contribution is 0.444. The van der Waals surface area contributed by atoms with Gasteiger partial charge in [0.15, 0.2) is 11.6 Å². The van der Waals surface area contributed by atoms with Crippen molar-refractivity contribution in [2.24, 2.45) is 14.1 Å². The van der Waals surface area contributed by atoms with Gasteiger partial charge in [-0.2, -0.15) is 5.10 Å². The van der Waals surface area contributed by atoms with Gasteiger partial charge in [-0.05, 0) is 36.4 Å². The standard InChI is InChI=1S/C20H16ClFN4O2/c1-25-9-14(19-15(20(25)27)10-26(2)24-19)13-8-12(23)4-6-17(13)28-18-5-3-11(21)7-16(18)22/h3-10H,23H2,1-2H3. The number of pyridine rings is 1. The van der Waals surface area contributed by atoms with Crippen LogP contribution in [-0.2, 0) is 14.1 Å². The van der Waals surface area contributed by atoms with Crippen molar-refractivity contribution >= 4 is 28.2 Å². The molecule has 6 nitrogen and oxygen atoms in total. The van der Waals surface area contributed by atoms with Crippen LogP contribution in [0.2, 0.25) is 5.02 Å². The van der Waals surface area contributed by atoms with Crippen molar-refractivity contribution in [3.63, 3.8) is 0 Å². The van der Waals surface area contributed by atoms with E-state index < -0.39 is 5.82 Å². The summed E-state index contributed by atoms with van der Waals surface area (Å²) in [6.07, 6.45) is 3.32. The highest BCUT2D eigenvalue weighted by Crippen LogP contribution is 2.38. The summed E-state index contributed by atoms with van der Waals surface area (Å²) in [6, 6.07) is 9.19. The van der Waals surface area contributed by atoms with Crippen LogP contribution in [-0.4, -0.2) is 14.3 Å². The number of hydrogen-bond acceptors (Lipinski definition) is 4. The molecule has 0 saturated carbocycles. The minimum absolute atomic E-state index is 0.0255. The minimum atomic E-state index is -0.585. The predicted octanol–water partition coefficient (Wildman–Crippen LogP) is 4.11. The van der Waals surface area contributed by atoms with E-state index in [4.69, 9.17) is 22.1 Å². The number of aryl methyl sites for hydroxylation is 2. The monoisotopic (exact) mass is 398 g/mol. The maximum absolute atomic E-state index is 14.2. The predicted molar refractivity (Wildman–Crippen MR) is 107 cm³/mol. The number of aromatic nitrogens is 3. The normalized spacial score (nSPS) is 11.1. The second-order valence-corrected chi connectivity index (χ2v) is 6.89. The Hall–Kier alpha value is -3.32. The molecule has 2 aromatic carbocycles. The molecule has 0 aliphatic carbocycles. The zero-order valence-corrected chi connectivity index (χ0v) is 15.9. The molecular formula is C20H16ClFN4O2. The van der Waals surface area contributed by atoms with Gasteiger partial charge < -0.3 is 15.0 Å². The first-order chi connectivity index (χ1) is 13.3. The van der Waals surface area contributed by atoms with E-state index in [1.807, 2.05) is 0 Å². The highest BCUT2D eigenvalue weighted by Gasteiger charge is 2.18. The van der Waals surface area contributed by atoms with Gasteiger partial charge in [-0.3, -0.25) is 9.48 Å². The summed E-state index contributed by atoms with van der Waals surface area (Å²) in [5, 5.41) is 5.15. The maximum Gasteiger partial charge on any atom is 0.261 e. The smallest absolute Gasteiger partial charge is 0.261 e. The number of nitrogens with zero attached hydrogens (tertiary/aromatic N) is 3. The van der Waals surface area contributed by atoms with Gasteiger partial charge in [0.25, 0.3) is 5.56 Å². The van der Waals surface area contributed by atoms with Gasteiger partial charge in [0, 0.05) is 48.3 Å². The van der Waals surface area contributed by atoms with Gasteiger partial charge in [-0.15, -0.1) is 0 Å². The first-order valence-electron chi connectivity index (χ1n) is 8.39. The summed E-state index contributed by atoms with van der Waals surface area (Å²) in [4.78, 5) is 12.4. The zero-order valence-electron chi connectivity index (χ0n) is 15.1. The number of benzene rings is 2. The third kappa shape index (κ3) is 3.10. The van der Waals surface area contributed by atoms with Gasteiger partial charge in [-0.25, -0.2) is 4.39 Å². The van der Waals surface area contributed by atoms with E-state index in [-0.39, 0.29) is 16.3 Å². The molecule has 28 heavy (non-hydrogen) atoms. The third-order valence-electron chi connectivity index (χ3n) is 4.37. The Morgan fingerprint density at radius 3 is 2.57 bits per heavy atom. The molecule has 0 spiro atoms. The van der Waals surface area contributed by atoms with Gasteiger partial charge in [0.05, 0.1) is 5.39 Å². The number of halogens is 2. The van der Waals surface area contributed by atoms with Crippen LogP contribution in [0.5, 0.6) is 11.5 Å². The number of ether oxygens (including phenoxy) is 1. The Kier molecular flexibility index (Phi) is 4.31. The molecule has 2 aromatic heterocycles. The maximum atomic E-state index is 14.2. The number of hydrogen-bond donors (Lipinski definition) is 1. The second-order valence-electron chi connectivity index (χ2n) is 6.46. The molecule has 2 N–H and O–H groups in total. The van der Waals surface area contributed by atoms with Crippen LogP contribution in [0.25, 0.3) is 22.0 Å². The molecule has 0 bridgehead atoms. The van der Waals surface area contributed by atoms with Gasteiger partial charge in [0.2, 0.25) is 0 Å². The minimum Gasteiger partial charge on any atom is -0.454 e. The molecule has 0 unspecified atom stereocenters. The molecule has 8 heteroatoms. The van der Waals surface area contributed by atoms with Crippen LogP contribution >= 0.6 is 11.6 Å². The average molecular weight is 399 g/mol. The van der Waals surface area contributed by atoms with E-state index in [0.29, 0.717) is 33.5 Å². The molecule has 0 atom stereocenters. The van der Waals surface area contributed by atoms with E-state index in [1.165, 1.54) is 16.7 Å². The molecule has 0 aliphatic heterocycles. The number of nitrogen functional groups attached to an aromatic ring is 1. The highest BCUT2D eigenvalue weighted by molar-refractivity contribution is 6.30. The fourth-order valence-corrected chi connectivity index (χ4v) is 3.23. The largest absolute Gasteiger partial charge is 0.454 e. The van der Waals surface area contributed by atoms with Crippen molar-refractivity contribution in [1.29, 1.82) is 0 Å². The summed E-state index contributed by atoms with van der Waals surface area (Å²) in [6.45, 7) is 0. The van der Waals surface area contributed by atoms with Crippen molar-refractivity contribution in [3.8, 4) is 22.6 Å². The number of nitrogens with two attached hydrogens (primary N) is 1. The summed E-state index contributed by atoms with van der Waals surface area (Å²) in [5.74, 6) is -0.183. The fourth-order valence-electron chi connectivity index (χ4n) is 3.07. The van der Waals surface area contributed by atoms with Crippen LogP contribution < -0.4 is 16.0 Å². The van der Waals surface area contributed by atoms with E-state index in [1.54, 1.807) is 55.4 Å². The average Bonchev–Trinajstić information content (AvgIpc) is 3.04. The van der Waals surface area contributed by atoms with E-state index in [9.17, 15) is 9.18 Å². The second kappa shape index (κ2) is 6.69. The molecule has 4 aromatic rings. The van der Waals surface area contributed by atoms with Crippen LogP contribution in [0.4, 0.5) is 10.1 Å². The summed E-state index contributed by atoms with van der Waals surface area (Å²) in [5.41, 5.74) is 8.07. The topological polar surface area (TPSA) is 75.1 Å². The van der Waals surface area contributed by atoms with Gasteiger partial charge in [-0.1, -0.05) is 11.6 Å². The van der Waals surface area contributed by atoms with Crippen molar-refractivity contribution in [3.05, 3.63) is 70.0 Å². The quantitative estimate of drug-likeness (QED) is 0.527. The van der Waals surface area contributed by atoms with Crippen LogP contribution in [0, 0.1) is 5.82 Å². The van der Waals surface area contributed by atoms with Crippen molar-refractivity contribution in [1.82, 2.24) is 14.3 Å². The van der Waals surface area contributed by atoms with Crippen LogP contribution in [0.1, 0.15) is 0 Å². The van der Waals surface area contributed by atoms with E-state index >= 15 is 0 Å². The Morgan fingerprint density at radius 1 is 1.07 bits per heavy atom. The van der Waals surface area contributed by atoms with Crippen molar-refractivity contribution < 1.29 is 9.13 Å². The molecule has 0 fully saturated rings. The van der Waals surface area contributed by atoms with Crippen molar-refractivity contribution in [2.45, 2.75) is 0 Å². The molecular weight excluding hydrogens is 383 g/mol. The number of anilines is 1. The van der Waals surface area contributed by atoms with Crippen LogP contribution in [0.15, 0.2) is 53.6 Å². The Labute approximate surface area is 164 Å². The Bertz CT molecular complexity index is 1280. The lowest BCUT2D eigenvalue weighted by Gasteiger charge is -2.14. The molecule has 0 aliphatic rings. The summed E-state index contributed by atoms with van der Waals surface area (Å²) < 4.78 is 23.1. The zero-order chi connectivity index (χ0) is 20.0. The summed E-state index contributed by atoms with van der Waals surface area (Å²) >= 11 is 5.81. The Morgan fingerprint density at radius 2 is 1.82 bits per heavy atom. The number of rotatable bonds is 3. The van der Waals surface area contributed by atoms with E-state index in [2.05, 4.69) is 5.10 Å². The fraction of sp³-hybridized carbons (Fsp3) is 0.100. The van der Waals surface area contributed by atoms with E-state index in [0.717, 1.165) is 0 Å². The molecule has 2 heterocycles. The Balaban J connectivity index is 1.94. The highest BCUT2D eigenvalue weighted by atomic mass is 35.5. The van der Waals surface area contributed by atoms with Crippen molar-refractivity contribution in [2.75, 3.05) is 5.73 Å². The molecule has 0 saturated heterocycles. The first kappa shape index (κ1) is 18.1. The molecule has 0 amide bonds. The first-order valence-corrected chi connectivity index (χ1v) is 8.77. The third-order valence-corrected chi connectivity index (χ3v) is 4.60. The number of fused-ring (bicyclic) bond motifs is 1. The van der Waals surface area contributed by atoms with Gasteiger partial charge >= 0.3 is 0 Å². The molecule has 142 valence electrons. The molecule has 0 radical (unpaired) electrons. The SMILES string of the molecule is Cn1cc2c(=O)n(C)cc(-c3cc(N)ccc3Oc3ccc(Cl)cc3F)c2n1. The lowest BCUT2D eigenvalue weighted by atomic mass is 10.0. The van der Waals surface area contributed by atoms with Crippen LogP contribution in [0.3, 0.4) is 0 Å². The lowest BCUT2D eigenvalue weighted by Crippen LogP contribution is -2.16. The summed E-state index contributed by atoms with van der Waals surface area (Å²) in [7, 11) is 3.40. The van der Waals surface area contributed by atoms with Gasteiger partial charge in [0.1, 0.15) is 11.3 Å². The molecule has 4 rings (SSSR count).